The Morgan fingerprint density at radius 3 is 2.23 bits per heavy atom. The number of para-hydroxylation sites is 3. The quantitative estimate of drug-likeness (QED) is 0.0719. The molecule has 1 atom stereocenters. The summed E-state index contributed by atoms with van der Waals surface area (Å²) >= 11 is 2.00. The van der Waals surface area contributed by atoms with E-state index in [1.165, 1.54) is 111 Å². The molecule has 0 bridgehead atoms. The van der Waals surface area contributed by atoms with Crippen LogP contribution in [0, 0.1) is 0 Å². The van der Waals surface area contributed by atoms with Crippen molar-refractivity contribution < 1.29 is 9.13 Å². The molecule has 0 spiro atoms. The van der Waals surface area contributed by atoms with Gasteiger partial charge in [0.2, 0.25) is 5.69 Å². The Balaban J connectivity index is 1.25. The molecule has 0 saturated heterocycles. The molecule has 0 fully saturated rings. The fourth-order valence-electron chi connectivity index (χ4n) is 11.6. The van der Waals surface area contributed by atoms with Gasteiger partial charge in [0.25, 0.3) is 5.82 Å². The van der Waals surface area contributed by atoms with Crippen LogP contribution in [-0.2, 0) is 25.4 Å². The van der Waals surface area contributed by atoms with E-state index in [1.54, 1.807) is 0 Å². The first kappa shape index (κ1) is 44.6. The van der Waals surface area contributed by atoms with E-state index in [0.29, 0.717) is 17.8 Å². The maximum Gasteiger partial charge on any atom is 0.295 e. The van der Waals surface area contributed by atoms with Crippen LogP contribution in [0.25, 0.3) is 65.1 Å². The highest BCUT2D eigenvalue weighted by molar-refractivity contribution is 7.26. The summed E-state index contributed by atoms with van der Waals surface area (Å²) < 4.78 is 10.6. The maximum atomic E-state index is 4.28. The van der Waals surface area contributed by atoms with Crippen LogP contribution >= 0.6 is 11.3 Å². The highest BCUT2D eigenvalue weighted by atomic mass is 32.1. The molecule has 4 heteroatoms. The molecule has 5 aromatic carbocycles. The van der Waals surface area contributed by atoms with Crippen molar-refractivity contribution in [2.45, 2.75) is 130 Å². The average Bonchev–Trinajstić information content (AvgIpc) is 3.85. The minimum Gasteiger partial charge on any atom is -0.225 e. The normalized spacial score (nSPS) is 14.8. The van der Waals surface area contributed by atoms with E-state index >= 15 is 0 Å². The van der Waals surface area contributed by atoms with Gasteiger partial charge in [-0.1, -0.05) is 153 Å². The summed E-state index contributed by atoms with van der Waals surface area (Å²) in [5, 5.41) is 2.76. The number of aromatic nitrogens is 3. The first-order valence-corrected chi connectivity index (χ1v) is 25.5. The SMILES string of the molecule is C=CC(=CCC)c1ccc2[n+](c1)C(CC)(CC)C(CCc1ccccc1-c1n(-c3c(C(C)C)cccc3C(C)C)c3ccccc3[n+]1C)c1ccc3c(sc4cc(CCCC)ccc43)c1-2. The Kier molecular flexibility index (Phi) is 12.6. The highest BCUT2D eigenvalue weighted by Crippen LogP contribution is 2.52. The van der Waals surface area contributed by atoms with Gasteiger partial charge in [0.1, 0.15) is 5.69 Å². The van der Waals surface area contributed by atoms with Crippen molar-refractivity contribution >= 4 is 48.1 Å². The van der Waals surface area contributed by atoms with Gasteiger partial charge in [-0.05, 0) is 96.5 Å². The number of nitrogens with zero attached hydrogens (tertiary/aromatic N) is 3. The van der Waals surface area contributed by atoms with Crippen molar-refractivity contribution in [2.75, 3.05) is 0 Å². The van der Waals surface area contributed by atoms with E-state index < -0.39 is 0 Å². The summed E-state index contributed by atoms with van der Waals surface area (Å²) in [6.07, 6.45) is 15.5. The fourth-order valence-corrected chi connectivity index (χ4v) is 12.9. The summed E-state index contributed by atoms with van der Waals surface area (Å²) in [4.78, 5) is 0. The second-order valence-electron chi connectivity index (χ2n) is 19.2. The van der Waals surface area contributed by atoms with Crippen LogP contribution in [0.1, 0.15) is 145 Å². The lowest BCUT2D eigenvalue weighted by molar-refractivity contribution is -0.763. The van der Waals surface area contributed by atoms with E-state index in [9.17, 15) is 0 Å². The second-order valence-corrected chi connectivity index (χ2v) is 20.3. The lowest BCUT2D eigenvalue weighted by Crippen LogP contribution is -2.62. The number of thiophene rings is 1. The van der Waals surface area contributed by atoms with Gasteiger partial charge >= 0.3 is 0 Å². The van der Waals surface area contributed by atoms with Gasteiger partial charge < -0.3 is 0 Å². The molecular formula is C61H69N3S+2. The molecular weight excluding hydrogens is 807 g/mol. The van der Waals surface area contributed by atoms with E-state index in [0.717, 1.165) is 38.5 Å². The van der Waals surface area contributed by atoms with Crippen LogP contribution in [0.4, 0.5) is 0 Å². The number of unbranched alkanes of at least 4 members (excludes halogenated alkanes) is 1. The Bertz CT molecular complexity index is 3070. The molecule has 8 aromatic rings. The lowest BCUT2D eigenvalue weighted by atomic mass is 9.68. The van der Waals surface area contributed by atoms with Crippen LogP contribution in [0.3, 0.4) is 0 Å². The predicted molar refractivity (Wildman–Crippen MR) is 280 cm³/mol. The van der Waals surface area contributed by atoms with Crippen molar-refractivity contribution in [3.63, 3.8) is 0 Å². The van der Waals surface area contributed by atoms with Crippen LogP contribution in [-0.4, -0.2) is 4.57 Å². The van der Waals surface area contributed by atoms with Crippen molar-refractivity contribution in [1.29, 1.82) is 0 Å². The molecule has 0 radical (unpaired) electrons. The molecule has 65 heavy (non-hydrogen) atoms. The largest absolute Gasteiger partial charge is 0.295 e. The second kappa shape index (κ2) is 18.4. The fraction of sp³-hybridized carbons (Fsp3) is 0.344. The summed E-state index contributed by atoms with van der Waals surface area (Å²) in [5.41, 5.74) is 17.4. The minimum atomic E-state index is -0.120. The number of hydrogen-bond donors (Lipinski definition) is 0. The minimum absolute atomic E-state index is 0.120. The number of aryl methyl sites for hydroxylation is 3. The Morgan fingerprint density at radius 2 is 1.52 bits per heavy atom. The predicted octanol–water partition coefficient (Wildman–Crippen LogP) is 16.3. The van der Waals surface area contributed by atoms with Crippen LogP contribution in [0.15, 0.2) is 134 Å². The number of imidazole rings is 1. The van der Waals surface area contributed by atoms with E-state index in [1.807, 2.05) is 17.4 Å². The number of fused-ring (bicyclic) bond motifs is 8. The number of pyridine rings is 1. The van der Waals surface area contributed by atoms with Crippen LogP contribution in [0.5, 0.6) is 0 Å². The van der Waals surface area contributed by atoms with Crippen LogP contribution < -0.4 is 9.13 Å². The molecule has 1 unspecified atom stereocenters. The zero-order valence-electron chi connectivity index (χ0n) is 40.5. The van der Waals surface area contributed by atoms with E-state index in [2.05, 4.69) is 204 Å². The van der Waals surface area contributed by atoms with Crippen molar-refractivity contribution in [2.24, 2.45) is 7.05 Å². The lowest BCUT2D eigenvalue weighted by Gasteiger charge is -2.40. The first-order valence-electron chi connectivity index (χ1n) is 24.7. The molecule has 3 aromatic heterocycles. The number of allylic oxidation sites excluding steroid dienone is 3. The van der Waals surface area contributed by atoms with Gasteiger partial charge in [-0.2, -0.15) is 9.13 Å². The molecule has 9 rings (SSSR count). The van der Waals surface area contributed by atoms with Gasteiger partial charge in [0.15, 0.2) is 22.8 Å². The molecule has 1 aliphatic rings. The molecule has 4 heterocycles. The zero-order valence-corrected chi connectivity index (χ0v) is 41.3. The molecule has 0 N–H and O–H groups in total. The number of benzene rings is 5. The molecule has 0 aliphatic carbocycles. The average molecular weight is 876 g/mol. The standard InChI is InChI=1S/C61H69N3S/c1-11-16-23-42-30-33-49-50-34-35-51-52(61(14-4,15-5)63-39-45(43(13-3)22-12-2)32-37-55(63)57(51)59(50)65-56(49)38-42)36-31-44-24-17-18-25-48(44)60-62(10)53-28-19-20-29-54(53)64(60)58-46(40(6)7)26-21-27-47(58)41(8)9/h13,17-22,24-30,32-35,37-41,52H,3,11-12,14-16,23,31,36H2,1-2,4-10H3/q+2. The Labute approximate surface area is 392 Å². The number of rotatable bonds is 15. The van der Waals surface area contributed by atoms with E-state index in [4.69, 9.17) is 0 Å². The third-order valence-corrected chi connectivity index (χ3v) is 16.2. The third kappa shape index (κ3) is 7.50. The summed E-state index contributed by atoms with van der Waals surface area (Å²) in [6, 6.07) is 42.3. The van der Waals surface area contributed by atoms with E-state index in [-0.39, 0.29) is 5.54 Å². The molecule has 0 saturated carbocycles. The maximum absolute atomic E-state index is 4.28. The topological polar surface area (TPSA) is 12.7 Å². The van der Waals surface area contributed by atoms with Gasteiger partial charge in [0.05, 0.1) is 24.1 Å². The number of hydrogen-bond acceptors (Lipinski definition) is 1. The summed E-state index contributed by atoms with van der Waals surface area (Å²) in [7, 11) is 2.27. The van der Waals surface area contributed by atoms with Crippen molar-refractivity contribution in [1.82, 2.24) is 4.57 Å². The first-order chi connectivity index (χ1) is 31.6. The van der Waals surface area contributed by atoms with Crippen LogP contribution in [0.2, 0.25) is 0 Å². The molecule has 1 aliphatic heterocycles. The smallest absolute Gasteiger partial charge is 0.225 e. The Hall–Kier alpha value is -5.58. The Morgan fingerprint density at radius 1 is 0.800 bits per heavy atom. The molecule has 3 nitrogen and oxygen atoms in total. The monoisotopic (exact) mass is 876 g/mol. The molecule has 0 amide bonds. The third-order valence-electron chi connectivity index (χ3n) is 15.0. The van der Waals surface area contributed by atoms with Crippen molar-refractivity contribution in [3.8, 4) is 28.3 Å². The van der Waals surface area contributed by atoms with Gasteiger partial charge in [-0.25, -0.2) is 4.57 Å². The molecule has 332 valence electrons. The van der Waals surface area contributed by atoms with Crippen molar-refractivity contribution in [3.05, 3.63) is 168 Å². The highest BCUT2D eigenvalue weighted by Gasteiger charge is 2.52. The van der Waals surface area contributed by atoms with Gasteiger partial charge in [0, 0.05) is 55.8 Å². The van der Waals surface area contributed by atoms with Gasteiger partial charge in [-0.3, -0.25) is 0 Å². The van der Waals surface area contributed by atoms with Gasteiger partial charge in [-0.15, -0.1) is 11.3 Å². The summed E-state index contributed by atoms with van der Waals surface area (Å²) in [5.74, 6) is 2.28. The summed E-state index contributed by atoms with van der Waals surface area (Å²) in [6.45, 7) is 23.0. The zero-order chi connectivity index (χ0) is 45.6.